The van der Waals surface area contributed by atoms with E-state index in [0.717, 1.165) is 18.4 Å². The second-order valence-corrected chi connectivity index (χ2v) is 7.57. The molecule has 0 saturated carbocycles. The lowest BCUT2D eigenvalue weighted by Crippen LogP contribution is -2.32. The van der Waals surface area contributed by atoms with Gasteiger partial charge in [-0.1, -0.05) is 51.1 Å². The van der Waals surface area contributed by atoms with Gasteiger partial charge in [0.25, 0.3) is 11.5 Å². The molecule has 2 N–H and O–H groups in total. The standard InChI is InChI=1S/C22H26N4O3/c1-4-10-26-19-17(21(28)25-22(26)29)12-16(13-23-19)20(27)24-18(11-14(2)3)15-8-6-5-7-9-15/h5-9,12-14,18H,4,10-11H2,1-3H3,(H,24,27)(H,25,28,29). The third-order valence-corrected chi connectivity index (χ3v) is 4.76. The van der Waals surface area contributed by atoms with Crippen LogP contribution in [0.4, 0.5) is 0 Å². The summed E-state index contributed by atoms with van der Waals surface area (Å²) in [5, 5.41) is 3.28. The minimum Gasteiger partial charge on any atom is -0.345 e. The molecule has 0 saturated heterocycles. The quantitative estimate of drug-likeness (QED) is 0.644. The van der Waals surface area contributed by atoms with Crippen molar-refractivity contribution in [2.45, 2.75) is 46.2 Å². The van der Waals surface area contributed by atoms with Gasteiger partial charge in [0.05, 0.1) is 17.0 Å². The Hall–Kier alpha value is -3.22. The van der Waals surface area contributed by atoms with Crippen LogP contribution in [0.25, 0.3) is 11.0 Å². The van der Waals surface area contributed by atoms with Gasteiger partial charge in [-0.2, -0.15) is 0 Å². The van der Waals surface area contributed by atoms with Crippen LogP contribution in [-0.4, -0.2) is 20.4 Å². The van der Waals surface area contributed by atoms with E-state index >= 15 is 0 Å². The Morgan fingerprint density at radius 1 is 1.21 bits per heavy atom. The van der Waals surface area contributed by atoms with Crippen molar-refractivity contribution in [1.29, 1.82) is 0 Å². The minimum atomic E-state index is -0.540. The molecular weight excluding hydrogens is 368 g/mol. The third kappa shape index (κ3) is 4.62. The van der Waals surface area contributed by atoms with Gasteiger partial charge in [-0.15, -0.1) is 0 Å². The largest absolute Gasteiger partial charge is 0.345 e. The average molecular weight is 394 g/mol. The van der Waals surface area contributed by atoms with Crippen LogP contribution in [0.5, 0.6) is 0 Å². The molecule has 1 amide bonds. The number of fused-ring (bicyclic) bond motifs is 1. The molecule has 0 spiro atoms. The molecular formula is C22H26N4O3. The molecule has 0 bridgehead atoms. The summed E-state index contributed by atoms with van der Waals surface area (Å²) in [7, 11) is 0. The minimum absolute atomic E-state index is 0.147. The first-order valence-electron chi connectivity index (χ1n) is 9.89. The number of carbonyl (C=O) groups is 1. The number of aromatic nitrogens is 3. The first-order chi connectivity index (χ1) is 13.9. The molecule has 152 valence electrons. The number of hydrogen-bond donors (Lipinski definition) is 2. The molecule has 7 nitrogen and oxygen atoms in total. The SMILES string of the molecule is CCCn1c(=O)[nH]c(=O)c2cc(C(=O)NC(CC(C)C)c3ccccc3)cnc21. The topological polar surface area (TPSA) is 96.9 Å². The van der Waals surface area contributed by atoms with Crippen LogP contribution in [0.15, 0.2) is 52.2 Å². The number of aromatic amines is 1. The highest BCUT2D eigenvalue weighted by molar-refractivity contribution is 5.96. The van der Waals surface area contributed by atoms with Crippen molar-refractivity contribution in [3.63, 3.8) is 0 Å². The third-order valence-electron chi connectivity index (χ3n) is 4.76. The number of aryl methyl sites for hydroxylation is 1. The van der Waals surface area contributed by atoms with Crippen LogP contribution in [0, 0.1) is 5.92 Å². The average Bonchev–Trinajstić information content (AvgIpc) is 2.70. The van der Waals surface area contributed by atoms with Crippen LogP contribution in [0.2, 0.25) is 0 Å². The zero-order valence-corrected chi connectivity index (χ0v) is 16.9. The van der Waals surface area contributed by atoms with E-state index in [1.807, 2.05) is 37.3 Å². The molecule has 0 aliphatic rings. The van der Waals surface area contributed by atoms with Gasteiger partial charge in [-0.3, -0.25) is 19.1 Å². The fraction of sp³-hybridized carbons (Fsp3) is 0.364. The lowest BCUT2D eigenvalue weighted by atomic mass is 9.96. The van der Waals surface area contributed by atoms with Crippen LogP contribution in [0.3, 0.4) is 0 Å². The van der Waals surface area contributed by atoms with Crippen LogP contribution in [-0.2, 0) is 6.54 Å². The van der Waals surface area contributed by atoms with Crippen molar-refractivity contribution in [3.05, 3.63) is 74.6 Å². The summed E-state index contributed by atoms with van der Waals surface area (Å²) in [6.07, 6.45) is 2.92. The maximum Gasteiger partial charge on any atom is 0.329 e. The highest BCUT2D eigenvalue weighted by Crippen LogP contribution is 2.22. The van der Waals surface area contributed by atoms with Crippen molar-refractivity contribution in [2.24, 2.45) is 5.92 Å². The molecule has 3 rings (SSSR count). The zero-order chi connectivity index (χ0) is 21.0. The van der Waals surface area contributed by atoms with Crippen molar-refractivity contribution < 1.29 is 4.79 Å². The van der Waals surface area contributed by atoms with E-state index in [4.69, 9.17) is 0 Å². The maximum absolute atomic E-state index is 12.9. The molecule has 7 heteroatoms. The Morgan fingerprint density at radius 3 is 2.59 bits per heavy atom. The van der Waals surface area contributed by atoms with Crippen LogP contribution in [0.1, 0.15) is 55.6 Å². The van der Waals surface area contributed by atoms with Crippen LogP contribution < -0.4 is 16.6 Å². The summed E-state index contributed by atoms with van der Waals surface area (Å²) in [5.41, 5.74) is 0.572. The lowest BCUT2D eigenvalue weighted by molar-refractivity contribution is 0.0931. The molecule has 0 radical (unpaired) electrons. The number of benzene rings is 1. The smallest absolute Gasteiger partial charge is 0.329 e. The van der Waals surface area contributed by atoms with Gasteiger partial charge in [0, 0.05) is 12.7 Å². The van der Waals surface area contributed by atoms with E-state index in [0.29, 0.717) is 18.1 Å². The lowest BCUT2D eigenvalue weighted by Gasteiger charge is -2.21. The van der Waals surface area contributed by atoms with Gasteiger partial charge in [-0.05, 0) is 30.4 Å². The Kier molecular flexibility index (Phi) is 6.26. The highest BCUT2D eigenvalue weighted by atomic mass is 16.2. The number of H-pyrrole nitrogens is 1. The number of amides is 1. The molecule has 1 unspecified atom stereocenters. The number of hydrogen-bond acceptors (Lipinski definition) is 4. The van der Waals surface area contributed by atoms with E-state index in [9.17, 15) is 14.4 Å². The van der Waals surface area contributed by atoms with E-state index in [1.165, 1.54) is 16.8 Å². The zero-order valence-electron chi connectivity index (χ0n) is 16.9. The molecule has 0 fully saturated rings. The van der Waals surface area contributed by atoms with Crippen molar-refractivity contribution >= 4 is 16.9 Å². The molecule has 0 aliphatic heterocycles. The van der Waals surface area contributed by atoms with Gasteiger partial charge in [0.1, 0.15) is 5.65 Å². The van der Waals surface area contributed by atoms with Gasteiger partial charge >= 0.3 is 5.69 Å². The number of nitrogens with zero attached hydrogens (tertiary/aromatic N) is 2. The fourth-order valence-electron chi connectivity index (χ4n) is 3.40. The molecule has 1 atom stereocenters. The maximum atomic E-state index is 12.9. The molecule has 3 aromatic rings. The molecule has 29 heavy (non-hydrogen) atoms. The van der Waals surface area contributed by atoms with Gasteiger partial charge in [0.2, 0.25) is 0 Å². The van der Waals surface area contributed by atoms with Crippen LogP contribution >= 0.6 is 0 Å². The van der Waals surface area contributed by atoms with Crippen molar-refractivity contribution in [1.82, 2.24) is 19.9 Å². The van der Waals surface area contributed by atoms with Gasteiger partial charge in [-0.25, -0.2) is 9.78 Å². The molecule has 0 aliphatic carbocycles. The Balaban J connectivity index is 1.96. The Bertz CT molecular complexity index is 1120. The summed E-state index contributed by atoms with van der Waals surface area (Å²) in [4.78, 5) is 43.8. The molecule has 1 aromatic carbocycles. The summed E-state index contributed by atoms with van der Waals surface area (Å²) in [6, 6.07) is 11.1. The van der Waals surface area contributed by atoms with Gasteiger partial charge in [0.15, 0.2) is 0 Å². The van der Waals surface area contributed by atoms with Crippen molar-refractivity contribution in [3.8, 4) is 0 Å². The normalized spacial score (nSPS) is 12.3. The predicted octanol–water partition coefficient (Wildman–Crippen LogP) is 3.01. The molecule has 2 heterocycles. The fourth-order valence-corrected chi connectivity index (χ4v) is 3.40. The van der Waals surface area contributed by atoms with E-state index in [-0.39, 0.29) is 22.9 Å². The first kappa shape index (κ1) is 20.5. The molecule has 2 aromatic heterocycles. The number of rotatable bonds is 7. The summed E-state index contributed by atoms with van der Waals surface area (Å²) >= 11 is 0. The number of pyridine rings is 1. The Labute approximate surface area is 168 Å². The Morgan fingerprint density at radius 2 is 1.93 bits per heavy atom. The highest BCUT2D eigenvalue weighted by Gasteiger charge is 2.18. The number of nitrogens with one attached hydrogen (secondary N) is 2. The second-order valence-electron chi connectivity index (χ2n) is 7.57. The van der Waals surface area contributed by atoms with Gasteiger partial charge < -0.3 is 5.32 Å². The predicted molar refractivity (Wildman–Crippen MR) is 113 cm³/mol. The second kappa shape index (κ2) is 8.86. The number of carbonyl (C=O) groups excluding carboxylic acids is 1. The first-order valence-corrected chi connectivity index (χ1v) is 9.89. The summed E-state index contributed by atoms with van der Waals surface area (Å²) in [6.45, 7) is 6.58. The van der Waals surface area contributed by atoms with E-state index in [2.05, 4.69) is 29.1 Å². The summed E-state index contributed by atoms with van der Waals surface area (Å²) in [5.74, 6) is 0.0862. The summed E-state index contributed by atoms with van der Waals surface area (Å²) < 4.78 is 1.42. The van der Waals surface area contributed by atoms with E-state index < -0.39 is 11.2 Å². The monoisotopic (exact) mass is 394 g/mol. The van der Waals surface area contributed by atoms with E-state index in [1.54, 1.807) is 0 Å². The van der Waals surface area contributed by atoms with Crippen molar-refractivity contribution in [2.75, 3.05) is 0 Å².